The minimum absolute atomic E-state index is 0.296. The number of unbranched alkanes of at least 4 members (excludes halogenated alkanes) is 1. The molecule has 0 aromatic heterocycles. The average molecular weight is 337 g/mol. The SMILES string of the molecule is O=C1CCCN1CCCCN1CCN(c2ccc(F)cc2F)CC1. The van der Waals surface area contributed by atoms with Gasteiger partial charge in [0.15, 0.2) is 0 Å². The molecule has 2 fully saturated rings. The summed E-state index contributed by atoms with van der Waals surface area (Å²) in [5, 5.41) is 0. The van der Waals surface area contributed by atoms with E-state index >= 15 is 0 Å². The van der Waals surface area contributed by atoms with Crippen LogP contribution < -0.4 is 4.90 Å². The Kier molecular flexibility index (Phi) is 5.66. The van der Waals surface area contributed by atoms with E-state index in [9.17, 15) is 13.6 Å². The predicted octanol–water partition coefficient (Wildman–Crippen LogP) is 2.49. The Bertz CT molecular complexity index is 573. The molecular formula is C18H25F2N3O. The molecule has 2 aliphatic heterocycles. The van der Waals surface area contributed by atoms with E-state index in [1.807, 2.05) is 9.80 Å². The highest BCUT2D eigenvalue weighted by molar-refractivity contribution is 5.77. The van der Waals surface area contributed by atoms with Crippen molar-refractivity contribution in [1.29, 1.82) is 0 Å². The molecule has 1 aromatic carbocycles. The van der Waals surface area contributed by atoms with Gasteiger partial charge in [-0.2, -0.15) is 0 Å². The van der Waals surface area contributed by atoms with Crippen LogP contribution in [-0.2, 0) is 4.79 Å². The second-order valence-electron chi connectivity index (χ2n) is 6.62. The van der Waals surface area contributed by atoms with Crippen molar-refractivity contribution in [3.8, 4) is 0 Å². The van der Waals surface area contributed by atoms with Gasteiger partial charge in [0.1, 0.15) is 11.6 Å². The summed E-state index contributed by atoms with van der Waals surface area (Å²) in [4.78, 5) is 17.9. The summed E-state index contributed by atoms with van der Waals surface area (Å²) in [5.41, 5.74) is 0.489. The third-order valence-electron chi connectivity index (χ3n) is 4.95. The first-order chi connectivity index (χ1) is 11.6. The molecule has 2 aliphatic rings. The van der Waals surface area contributed by atoms with Gasteiger partial charge in [0.2, 0.25) is 5.91 Å². The molecule has 4 nitrogen and oxygen atoms in total. The molecule has 0 atom stereocenters. The highest BCUT2D eigenvalue weighted by Crippen LogP contribution is 2.21. The zero-order valence-corrected chi connectivity index (χ0v) is 14.0. The average Bonchev–Trinajstić information content (AvgIpc) is 2.98. The maximum Gasteiger partial charge on any atom is 0.222 e. The normalized spacial score (nSPS) is 19.3. The van der Waals surface area contributed by atoms with Crippen molar-refractivity contribution in [3.05, 3.63) is 29.8 Å². The first-order valence-corrected chi connectivity index (χ1v) is 8.83. The van der Waals surface area contributed by atoms with E-state index in [1.165, 1.54) is 12.1 Å². The Balaban J connectivity index is 1.37. The molecule has 0 N–H and O–H groups in total. The van der Waals surface area contributed by atoms with Gasteiger partial charge in [-0.05, 0) is 37.9 Å². The summed E-state index contributed by atoms with van der Waals surface area (Å²) in [6.07, 6.45) is 3.83. The molecule has 0 bridgehead atoms. The number of anilines is 1. The maximum atomic E-state index is 13.8. The molecule has 3 rings (SSSR count). The van der Waals surface area contributed by atoms with Gasteiger partial charge in [-0.1, -0.05) is 0 Å². The van der Waals surface area contributed by atoms with Crippen molar-refractivity contribution in [2.75, 3.05) is 50.7 Å². The number of nitrogens with zero attached hydrogens (tertiary/aromatic N) is 3. The predicted molar refractivity (Wildman–Crippen MR) is 90.1 cm³/mol. The highest BCUT2D eigenvalue weighted by atomic mass is 19.1. The lowest BCUT2D eigenvalue weighted by Gasteiger charge is -2.36. The number of hydrogen-bond donors (Lipinski definition) is 0. The lowest BCUT2D eigenvalue weighted by molar-refractivity contribution is -0.127. The molecule has 0 aliphatic carbocycles. The number of piperazine rings is 1. The molecule has 1 aromatic rings. The molecule has 6 heteroatoms. The van der Waals surface area contributed by atoms with Gasteiger partial charge in [0, 0.05) is 51.8 Å². The largest absolute Gasteiger partial charge is 0.367 e. The minimum Gasteiger partial charge on any atom is -0.367 e. The Labute approximate surface area is 142 Å². The molecule has 0 spiro atoms. The van der Waals surface area contributed by atoms with Crippen LogP contribution in [0.2, 0.25) is 0 Å². The number of amides is 1. The molecule has 2 heterocycles. The van der Waals surface area contributed by atoms with Crippen LogP contribution in [0.1, 0.15) is 25.7 Å². The third kappa shape index (κ3) is 4.23. The van der Waals surface area contributed by atoms with Crippen molar-refractivity contribution >= 4 is 11.6 Å². The van der Waals surface area contributed by atoms with Gasteiger partial charge in [0.25, 0.3) is 0 Å². The van der Waals surface area contributed by atoms with Gasteiger partial charge < -0.3 is 9.80 Å². The van der Waals surface area contributed by atoms with E-state index in [1.54, 1.807) is 0 Å². The van der Waals surface area contributed by atoms with Crippen LogP contribution in [0, 0.1) is 11.6 Å². The zero-order valence-electron chi connectivity index (χ0n) is 14.0. The van der Waals surface area contributed by atoms with Crippen molar-refractivity contribution in [2.24, 2.45) is 0 Å². The van der Waals surface area contributed by atoms with Crippen molar-refractivity contribution < 1.29 is 13.6 Å². The van der Waals surface area contributed by atoms with Crippen molar-refractivity contribution in [3.63, 3.8) is 0 Å². The number of likely N-dealkylation sites (tertiary alicyclic amines) is 1. The Hall–Kier alpha value is -1.69. The van der Waals surface area contributed by atoms with Crippen LogP contribution in [0.4, 0.5) is 14.5 Å². The van der Waals surface area contributed by atoms with E-state index < -0.39 is 11.6 Å². The van der Waals surface area contributed by atoms with Gasteiger partial charge in [-0.3, -0.25) is 9.69 Å². The van der Waals surface area contributed by atoms with E-state index in [2.05, 4.69) is 4.90 Å². The van der Waals surface area contributed by atoms with Crippen molar-refractivity contribution in [1.82, 2.24) is 9.80 Å². The monoisotopic (exact) mass is 337 g/mol. The molecule has 0 unspecified atom stereocenters. The lowest BCUT2D eigenvalue weighted by atomic mass is 10.2. The molecule has 0 radical (unpaired) electrons. The van der Waals surface area contributed by atoms with E-state index in [0.29, 0.717) is 18.0 Å². The fraction of sp³-hybridized carbons (Fsp3) is 0.611. The summed E-state index contributed by atoms with van der Waals surface area (Å²) in [5.74, 6) is -0.727. The summed E-state index contributed by atoms with van der Waals surface area (Å²) in [6.45, 7) is 6.10. The molecule has 24 heavy (non-hydrogen) atoms. The molecule has 2 saturated heterocycles. The minimum atomic E-state index is -0.536. The summed E-state index contributed by atoms with van der Waals surface area (Å²) < 4.78 is 26.8. The summed E-state index contributed by atoms with van der Waals surface area (Å²) in [7, 11) is 0. The second kappa shape index (κ2) is 7.92. The molecule has 1 amide bonds. The number of halogens is 2. The number of carbonyl (C=O) groups excluding carboxylic acids is 1. The first-order valence-electron chi connectivity index (χ1n) is 8.83. The fourth-order valence-corrected chi connectivity index (χ4v) is 3.53. The van der Waals surface area contributed by atoms with Crippen LogP contribution in [0.3, 0.4) is 0 Å². The van der Waals surface area contributed by atoms with Crippen LogP contribution in [-0.4, -0.2) is 61.5 Å². The van der Waals surface area contributed by atoms with Crippen LogP contribution in [0.5, 0.6) is 0 Å². The Morgan fingerprint density at radius 1 is 0.958 bits per heavy atom. The van der Waals surface area contributed by atoms with E-state index in [4.69, 9.17) is 0 Å². The maximum absolute atomic E-state index is 13.8. The standard InChI is InChI=1S/C18H25F2N3O/c19-15-5-6-17(16(20)14-15)22-12-10-21(11-13-22)7-1-2-8-23-9-3-4-18(23)24/h5-6,14H,1-4,7-13H2. The van der Waals surface area contributed by atoms with E-state index in [-0.39, 0.29) is 0 Å². The van der Waals surface area contributed by atoms with E-state index in [0.717, 1.165) is 71.1 Å². The fourth-order valence-electron chi connectivity index (χ4n) is 3.53. The van der Waals surface area contributed by atoms with Gasteiger partial charge in [0.05, 0.1) is 5.69 Å². The number of rotatable bonds is 6. The van der Waals surface area contributed by atoms with Crippen LogP contribution >= 0.6 is 0 Å². The summed E-state index contributed by atoms with van der Waals surface area (Å²) in [6, 6.07) is 3.78. The zero-order chi connectivity index (χ0) is 16.9. The Morgan fingerprint density at radius 2 is 1.71 bits per heavy atom. The molecular weight excluding hydrogens is 312 g/mol. The topological polar surface area (TPSA) is 26.8 Å². The number of carbonyl (C=O) groups is 1. The third-order valence-corrected chi connectivity index (χ3v) is 4.95. The van der Waals surface area contributed by atoms with Crippen LogP contribution in [0.25, 0.3) is 0 Å². The number of benzene rings is 1. The number of hydrogen-bond acceptors (Lipinski definition) is 3. The first kappa shape index (κ1) is 17.1. The molecule has 0 saturated carbocycles. The van der Waals surface area contributed by atoms with Gasteiger partial charge in [-0.25, -0.2) is 8.78 Å². The lowest BCUT2D eigenvalue weighted by Crippen LogP contribution is -2.47. The highest BCUT2D eigenvalue weighted by Gasteiger charge is 2.21. The smallest absolute Gasteiger partial charge is 0.222 e. The van der Waals surface area contributed by atoms with Crippen LogP contribution in [0.15, 0.2) is 18.2 Å². The molecule has 132 valence electrons. The van der Waals surface area contributed by atoms with Gasteiger partial charge >= 0.3 is 0 Å². The quantitative estimate of drug-likeness (QED) is 0.746. The van der Waals surface area contributed by atoms with Gasteiger partial charge in [-0.15, -0.1) is 0 Å². The Morgan fingerprint density at radius 3 is 2.38 bits per heavy atom. The second-order valence-corrected chi connectivity index (χ2v) is 6.62. The summed E-state index contributed by atoms with van der Waals surface area (Å²) >= 11 is 0. The van der Waals surface area contributed by atoms with Crippen molar-refractivity contribution in [2.45, 2.75) is 25.7 Å².